The fourth-order valence-electron chi connectivity index (χ4n) is 3.39. The van der Waals surface area contributed by atoms with E-state index in [4.69, 9.17) is 9.47 Å². The molecule has 0 aromatic heterocycles. The maximum atomic E-state index is 11.4. The van der Waals surface area contributed by atoms with E-state index >= 15 is 0 Å². The number of rotatable bonds is 0. The van der Waals surface area contributed by atoms with Crippen molar-refractivity contribution in [2.45, 2.75) is 116 Å². The predicted molar refractivity (Wildman–Crippen MR) is 100 cm³/mol. The van der Waals surface area contributed by atoms with E-state index in [0.717, 1.165) is 25.7 Å². The second-order valence-electron chi connectivity index (χ2n) is 7.31. The van der Waals surface area contributed by atoms with E-state index in [1.165, 1.54) is 89.9 Å². The average Bonchev–Trinajstić information content (AvgIpc) is 2.58. The van der Waals surface area contributed by atoms with Crippen molar-refractivity contribution < 1.29 is 14.3 Å². The van der Waals surface area contributed by atoms with Crippen molar-refractivity contribution in [2.75, 3.05) is 13.2 Å². The third-order valence-corrected chi connectivity index (χ3v) is 4.98. The van der Waals surface area contributed by atoms with Gasteiger partial charge in [-0.3, -0.25) is 0 Å². The lowest BCUT2D eigenvalue weighted by molar-refractivity contribution is 0.0529. The van der Waals surface area contributed by atoms with E-state index in [-0.39, 0.29) is 0 Å². The van der Waals surface area contributed by atoms with E-state index < -0.39 is 6.16 Å². The van der Waals surface area contributed by atoms with E-state index in [2.05, 4.69) is 0 Å². The number of carbonyl (C=O) groups is 1. The zero-order valence-corrected chi connectivity index (χ0v) is 15.9. The van der Waals surface area contributed by atoms with Crippen molar-refractivity contribution in [1.29, 1.82) is 0 Å². The molecule has 0 bridgehead atoms. The van der Waals surface area contributed by atoms with Crippen LogP contribution in [0.15, 0.2) is 0 Å². The standard InChI is InChI=1S/C21H40O3/c22-21-23-19-17-15-13-11-9-7-5-3-1-2-4-6-8-10-12-14-16-18-20-24-21/h1-20H2. The van der Waals surface area contributed by atoms with Gasteiger partial charge in [0.1, 0.15) is 0 Å². The third-order valence-electron chi connectivity index (χ3n) is 4.98. The highest BCUT2D eigenvalue weighted by molar-refractivity contribution is 5.59. The molecule has 0 aromatic carbocycles. The average molecular weight is 341 g/mol. The molecular formula is C21H40O3. The zero-order valence-electron chi connectivity index (χ0n) is 15.9. The Hall–Kier alpha value is -0.730. The maximum absolute atomic E-state index is 11.4. The molecule has 0 spiro atoms. The van der Waals surface area contributed by atoms with Crippen LogP contribution in [0.1, 0.15) is 116 Å². The summed E-state index contributed by atoms with van der Waals surface area (Å²) in [7, 11) is 0. The van der Waals surface area contributed by atoms with Crippen molar-refractivity contribution in [1.82, 2.24) is 0 Å². The van der Waals surface area contributed by atoms with E-state index in [1.807, 2.05) is 0 Å². The minimum absolute atomic E-state index is 0.478. The summed E-state index contributed by atoms with van der Waals surface area (Å²) in [6.07, 6.45) is 23.0. The molecule has 0 unspecified atom stereocenters. The van der Waals surface area contributed by atoms with Crippen LogP contribution in [0, 0.1) is 0 Å². The molecule has 1 aliphatic rings. The van der Waals surface area contributed by atoms with Crippen LogP contribution in [0.5, 0.6) is 0 Å². The molecule has 1 fully saturated rings. The molecule has 0 atom stereocenters. The van der Waals surface area contributed by atoms with Crippen molar-refractivity contribution in [3.63, 3.8) is 0 Å². The van der Waals surface area contributed by atoms with Crippen LogP contribution in [-0.4, -0.2) is 19.4 Å². The van der Waals surface area contributed by atoms with Crippen LogP contribution < -0.4 is 0 Å². The van der Waals surface area contributed by atoms with E-state index in [0.29, 0.717) is 13.2 Å². The molecule has 0 aliphatic carbocycles. The van der Waals surface area contributed by atoms with Crippen LogP contribution in [0.3, 0.4) is 0 Å². The van der Waals surface area contributed by atoms with Crippen molar-refractivity contribution in [2.24, 2.45) is 0 Å². The molecule has 0 saturated carbocycles. The summed E-state index contributed by atoms with van der Waals surface area (Å²) in [5.41, 5.74) is 0. The minimum atomic E-state index is -0.478. The Morgan fingerprint density at radius 3 is 0.833 bits per heavy atom. The van der Waals surface area contributed by atoms with Crippen LogP contribution in [0.25, 0.3) is 0 Å². The van der Waals surface area contributed by atoms with Crippen LogP contribution >= 0.6 is 0 Å². The van der Waals surface area contributed by atoms with Crippen LogP contribution in [0.4, 0.5) is 4.79 Å². The number of cyclic esters (lactones) is 2. The molecule has 1 aliphatic heterocycles. The molecule has 1 heterocycles. The second-order valence-corrected chi connectivity index (χ2v) is 7.31. The molecular weight excluding hydrogens is 300 g/mol. The molecule has 142 valence electrons. The lowest BCUT2D eigenvalue weighted by Gasteiger charge is -2.06. The molecule has 3 nitrogen and oxygen atoms in total. The van der Waals surface area contributed by atoms with E-state index in [1.54, 1.807) is 0 Å². The highest BCUT2D eigenvalue weighted by Gasteiger charge is 2.03. The molecule has 3 heteroatoms. The van der Waals surface area contributed by atoms with Gasteiger partial charge >= 0.3 is 6.16 Å². The SMILES string of the molecule is O=C1OCCCCCCCCCCCCCCCCCCCCO1. The van der Waals surface area contributed by atoms with Gasteiger partial charge in [0.05, 0.1) is 13.2 Å². The third kappa shape index (κ3) is 14.8. The van der Waals surface area contributed by atoms with E-state index in [9.17, 15) is 4.79 Å². The fraction of sp³-hybridized carbons (Fsp3) is 0.952. The molecule has 1 rings (SSSR count). The molecule has 24 heavy (non-hydrogen) atoms. The summed E-state index contributed by atoms with van der Waals surface area (Å²) in [5.74, 6) is 0. The Morgan fingerprint density at radius 2 is 0.583 bits per heavy atom. The first kappa shape index (κ1) is 21.3. The minimum Gasteiger partial charge on any atom is -0.434 e. The summed E-state index contributed by atoms with van der Waals surface area (Å²) < 4.78 is 10.2. The molecule has 1 saturated heterocycles. The number of carbonyl (C=O) groups excluding carboxylic acids is 1. The van der Waals surface area contributed by atoms with Gasteiger partial charge in [0.25, 0.3) is 0 Å². The Balaban J connectivity index is 2.08. The lowest BCUT2D eigenvalue weighted by atomic mass is 10.0. The highest BCUT2D eigenvalue weighted by Crippen LogP contribution is 2.14. The van der Waals surface area contributed by atoms with Gasteiger partial charge in [-0.2, -0.15) is 0 Å². The predicted octanol–water partition coefficient (Wildman–Crippen LogP) is 7.18. The normalized spacial score (nSPS) is 22.9. The quantitative estimate of drug-likeness (QED) is 0.438. The number of hydrogen-bond donors (Lipinski definition) is 0. The highest BCUT2D eigenvalue weighted by atomic mass is 16.7. The first-order chi connectivity index (χ1) is 11.9. The van der Waals surface area contributed by atoms with Gasteiger partial charge in [-0.1, -0.05) is 103 Å². The Labute approximate surface area is 149 Å². The van der Waals surface area contributed by atoms with Gasteiger partial charge in [0, 0.05) is 0 Å². The summed E-state index contributed by atoms with van der Waals surface area (Å²) in [6.45, 7) is 1.03. The smallest absolute Gasteiger partial charge is 0.434 e. The van der Waals surface area contributed by atoms with Crippen LogP contribution in [-0.2, 0) is 9.47 Å². The first-order valence-corrected chi connectivity index (χ1v) is 10.7. The van der Waals surface area contributed by atoms with Gasteiger partial charge in [-0.25, -0.2) is 4.79 Å². The monoisotopic (exact) mass is 340 g/mol. The summed E-state index contributed by atoms with van der Waals surface area (Å²) in [5, 5.41) is 0. The number of ether oxygens (including phenoxy) is 2. The van der Waals surface area contributed by atoms with Crippen molar-refractivity contribution >= 4 is 6.16 Å². The van der Waals surface area contributed by atoms with Crippen molar-refractivity contribution in [3.8, 4) is 0 Å². The maximum Gasteiger partial charge on any atom is 0.508 e. The fourth-order valence-corrected chi connectivity index (χ4v) is 3.39. The first-order valence-electron chi connectivity index (χ1n) is 10.7. The Bertz CT molecular complexity index is 252. The second kappa shape index (κ2) is 17.1. The zero-order chi connectivity index (χ0) is 17.1. The Morgan fingerprint density at radius 1 is 0.375 bits per heavy atom. The summed E-state index contributed by atoms with van der Waals surface area (Å²) in [6, 6.07) is 0. The molecule has 0 radical (unpaired) electrons. The summed E-state index contributed by atoms with van der Waals surface area (Å²) >= 11 is 0. The van der Waals surface area contributed by atoms with Gasteiger partial charge in [-0.05, 0) is 12.8 Å². The Kier molecular flexibility index (Phi) is 15.2. The summed E-state index contributed by atoms with van der Waals surface area (Å²) in [4.78, 5) is 11.4. The van der Waals surface area contributed by atoms with Gasteiger partial charge in [-0.15, -0.1) is 0 Å². The molecule has 0 amide bonds. The van der Waals surface area contributed by atoms with Gasteiger partial charge in [0.15, 0.2) is 0 Å². The topological polar surface area (TPSA) is 35.5 Å². The lowest BCUT2D eigenvalue weighted by Crippen LogP contribution is -2.09. The van der Waals surface area contributed by atoms with Crippen molar-refractivity contribution in [3.05, 3.63) is 0 Å². The van der Waals surface area contributed by atoms with Gasteiger partial charge < -0.3 is 9.47 Å². The molecule has 0 N–H and O–H groups in total. The van der Waals surface area contributed by atoms with Gasteiger partial charge in [0.2, 0.25) is 0 Å². The van der Waals surface area contributed by atoms with Crippen LogP contribution in [0.2, 0.25) is 0 Å². The largest absolute Gasteiger partial charge is 0.508 e. The molecule has 0 aromatic rings. The number of hydrogen-bond acceptors (Lipinski definition) is 3.